The van der Waals surface area contributed by atoms with Gasteiger partial charge in [-0.25, -0.2) is 19.6 Å². The average molecular weight is 404 g/mol. The maximum Gasteiger partial charge on any atom is 0.232 e. The van der Waals surface area contributed by atoms with Crippen molar-refractivity contribution in [3.8, 4) is 17.2 Å². The number of hydrogen-bond donors (Lipinski definition) is 1. The first-order valence-electron chi connectivity index (χ1n) is 9.01. The van der Waals surface area contributed by atoms with Crippen LogP contribution in [0, 0.1) is 5.92 Å². The molecule has 9 nitrogen and oxygen atoms in total. The summed E-state index contributed by atoms with van der Waals surface area (Å²) in [4.78, 5) is 31.9. The molecule has 10 heteroatoms. The number of rotatable bonds is 5. The Morgan fingerprint density at radius 2 is 1.97 bits per heavy atom. The molecule has 5 heterocycles. The summed E-state index contributed by atoms with van der Waals surface area (Å²) in [5.74, 6) is 1.32. The summed E-state index contributed by atoms with van der Waals surface area (Å²) in [6.07, 6.45) is 6.75. The second kappa shape index (κ2) is 7.40. The zero-order chi connectivity index (χ0) is 19.6. The van der Waals surface area contributed by atoms with E-state index in [0.29, 0.717) is 24.0 Å². The molecule has 29 heavy (non-hydrogen) atoms. The molecular formula is C19H16N8OS. The number of nitrogens with one attached hydrogen (secondary N) is 1. The van der Waals surface area contributed by atoms with E-state index in [4.69, 9.17) is 0 Å². The fourth-order valence-corrected chi connectivity index (χ4v) is 3.75. The van der Waals surface area contributed by atoms with E-state index in [9.17, 15) is 4.79 Å². The molecule has 0 aliphatic carbocycles. The number of thiazole rings is 1. The first kappa shape index (κ1) is 17.4. The molecule has 1 fully saturated rings. The fraction of sp³-hybridized carbons (Fsp3) is 0.158. The van der Waals surface area contributed by atoms with Crippen molar-refractivity contribution < 1.29 is 4.79 Å². The third kappa shape index (κ3) is 3.57. The van der Waals surface area contributed by atoms with E-state index in [1.54, 1.807) is 17.1 Å². The predicted octanol–water partition coefficient (Wildman–Crippen LogP) is 2.26. The number of hydrogen-bond acceptors (Lipinski definition) is 8. The highest BCUT2D eigenvalue weighted by Gasteiger charge is 2.34. The van der Waals surface area contributed by atoms with Gasteiger partial charge in [0.05, 0.1) is 11.6 Å². The van der Waals surface area contributed by atoms with Gasteiger partial charge in [-0.15, -0.1) is 11.3 Å². The van der Waals surface area contributed by atoms with Gasteiger partial charge in [-0.2, -0.15) is 5.10 Å². The Kier molecular flexibility index (Phi) is 4.45. The molecule has 0 saturated carbocycles. The van der Waals surface area contributed by atoms with E-state index in [2.05, 4.69) is 30.4 Å². The van der Waals surface area contributed by atoms with Crippen LogP contribution in [0.2, 0.25) is 0 Å². The minimum absolute atomic E-state index is 0.0375. The van der Waals surface area contributed by atoms with Gasteiger partial charge in [0.15, 0.2) is 10.9 Å². The molecule has 1 aliphatic heterocycles. The molecule has 0 aromatic carbocycles. The van der Waals surface area contributed by atoms with Crippen molar-refractivity contribution >= 4 is 28.2 Å². The Bertz CT molecular complexity index is 1120. The summed E-state index contributed by atoms with van der Waals surface area (Å²) < 4.78 is 1.68. The molecule has 0 spiro atoms. The van der Waals surface area contributed by atoms with E-state index in [1.165, 1.54) is 17.7 Å². The first-order chi connectivity index (χ1) is 14.3. The zero-order valence-corrected chi connectivity index (χ0v) is 16.0. The van der Waals surface area contributed by atoms with Gasteiger partial charge >= 0.3 is 0 Å². The zero-order valence-electron chi connectivity index (χ0n) is 15.2. The smallest absolute Gasteiger partial charge is 0.232 e. The Morgan fingerprint density at radius 1 is 1.07 bits per heavy atom. The normalized spacial score (nSPS) is 13.9. The SMILES string of the molecule is O=C(Nc1nc(-c2ccccn2)cs1)C1CN(c2cc(-n3cccn3)ncn2)C1. The molecule has 0 unspecified atom stereocenters. The highest BCUT2D eigenvalue weighted by Crippen LogP contribution is 2.27. The lowest BCUT2D eigenvalue weighted by atomic mass is 9.99. The van der Waals surface area contributed by atoms with Gasteiger partial charge in [-0.3, -0.25) is 9.78 Å². The molecule has 5 rings (SSSR count). The van der Waals surface area contributed by atoms with Crippen LogP contribution >= 0.6 is 11.3 Å². The van der Waals surface area contributed by atoms with Crippen LogP contribution in [0.5, 0.6) is 0 Å². The van der Waals surface area contributed by atoms with Crippen molar-refractivity contribution in [2.75, 3.05) is 23.3 Å². The van der Waals surface area contributed by atoms with Crippen molar-refractivity contribution in [2.24, 2.45) is 5.92 Å². The van der Waals surface area contributed by atoms with Gasteiger partial charge < -0.3 is 10.2 Å². The third-order valence-electron chi connectivity index (χ3n) is 4.62. The molecule has 144 valence electrons. The van der Waals surface area contributed by atoms with Gasteiger partial charge in [0.25, 0.3) is 0 Å². The summed E-state index contributed by atoms with van der Waals surface area (Å²) >= 11 is 1.40. The molecular weight excluding hydrogens is 388 g/mol. The Balaban J connectivity index is 1.20. The van der Waals surface area contributed by atoms with Crippen LogP contribution in [0.15, 0.2) is 60.6 Å². The number of pyridine rings is 1. The van der Waals surface area contributed by atoms with Crippen molar-refractivity contribution in [2.45, 2.75) is 0 Å². The van der Waals surface area contributed by atoms with E-state index in [-0.39, 0.29) is 11.8 Å². The molecule has 1 aliphatic rings. The van der Waals surface area contributed by atoms with E-state index in [0.717, 1.165) is 17.2 Å². The van der Waals surface area contributed by atoms with Crippen LogP contribution in [0.25, 0.3) is 17.2 Å². The summed E-state index contributed by atoms with van der Waals surface area (Å²) in [6, 6.07) is 9.36. The fourth-order valence-electron chi connectivity index (χ4n) is 3.04. The largest absolute Gasteiger partial charge is 0.355 e. The van der Waals surface area contributed by atoms with Crippen LogP contribution in [0.1, 0.15) is 0 Å². The number of carbonyl (C=O) groups is 1. The lowest BCUT2D eigenvalue weighted by molar-refractivity contribution is -0.120. The molecule has 0 bridgehead atoms. The van der Waals surface area contributed by atoms with Gasteiger partial charge in [0, 0.05) is 43.1 Å². The standard InChI is InChI=1S/C19H16N8OS/c28-18(25-19-24-15(11-29-19)14-4-1-2-5-20-14)13-9-26(10-13)16-8-17(22-12-21-16)27-7-3-6-23-27/h1-8,11-13H,9-10H2,(H,24,25,28). The topological polar surface area (TPSA) is 102 Å². The highest BCUT2D eigenvalue weighted by molar-refractivity contribution is 7.14. The highest BCUT2D eigenvalue weighted by atomic mass is 32.1. The van der Waals surface area contributed by atoms with Crippen molar-refractivity contribution in [3.63, 3.8) is 0 Å². The Hall–Kier alpha value is -3.66. The van der Waals surface area contributed by atoms with Crippen LogP contribution in [-0.2, 0) is 4.79 Å². The number of amides is 1. The maximum absolute atomic E-state index is 12.5. The Morgan fingerprint density at radius 3 is 2.76 bits per heavy atom. The van der Waals surface area contributed by atoms with Gasteiger partial charge in [-0.1, -0.05) is 6.07 Å². The number of aromatic nitrogens is 6. The van der Waals surface area contributed by atoms with Crippen LogP contribution in [0.4, 0.5) is 10.9 Å². The van der Waals surface area contributed by atoms with Gasteiger partial charge in [0.1, 0.15) is 17.8 Å². The van der Waals surface area contributed by atoms with Crippen LogP contribution in [0.3, 0.4) is 0 Å². The number of nitrogens with zero attached hydrogens (tertiary/aromatic N) is 7. The molecule has 1 saturated heterocycles. The molecule has 0 atom stereocenters. The quantitative estimate of drug-likeness (QED) is 0.544. The first-order valence-corrected chi connectivity index (χ1v) is 9.89. The second-order valence-corrected chi connectivity index (χ2v) is 7.39. The third-order valence-corrected chi connectivity index (χ3v) is 5.37. The minimum atomic E-state index is -0.111. The monoisotopic (exact) mass is 404 g/mol. The van der Waals surface area contributed by atoms with E-state index >= 15 is 0 Å². The summed E-state index contributed by atoms with van der Waals surface area (Å²) in [7, 11) is 0. The molecule has 1 N–H and O–H groups in total. The molecule has 1 amide bonds. The molecule has 0 radical (unpaired) electrons. The number of carbonyl (C=O) groups excluding carboxylic acids is 1. The van der Waals surface area contributed by atoms with Crippen LogP contribution in [-0.4, -0.2) is 48.7 Å². The van der Waals surface area contributed by atoms with Crippen LogP contribution < -0.4 is 10.2 Å². The van der Waals surface area contributed by atoms with Crippen molar-refractivity contribution in [1.82, 2.24) is 29.7 Å². The summed E-state index contributed by atoms with van der Waals surface area (Å²) in [6.45, 7) is 1.19. The maximum atomic E-state index is 12.5. The summed E-state index contributed by atoms with van der Waals surface area (Å²) in [5, 5.41) is 9.56. The van der Waals surface area contributed by atoms with Gasteiger partial charge in [-0.05, 0) is 18.2 Å². The predicted molar refractivity (Wildman–Crippen MR) is 109 cm³/mol. The minimum Gasteiger partial charge on any atom is -0.355 e. The lowest BCUT2D eigenvalue weighted by Crippen LogP contribution is -2.52. The average Bonchev–Trinajstić information content (AvgIpc) is 3.40. The van der Waals surface area contributed by atoms with E-state index < -0.39 is 0 Å². The van der Waals surface area contributed by atoms with E-state index in [1.807, 2.05) is 46.8 Å². The van der Waals surface area contributed by atoms with Crippen molar-refractivity contribution in [3.05, 3.63) is 60.6 Å². The lowest BCUT2D eigenvalue weighted by Gasteiger charge is -2.38. The second-order valence-electron chi connectivity index (χ2n) is 6.53. The van der Waals surface area contributed by atoms with Crippen molar-refractivity contribution in [1.29, 1.82) is 0 Å². The van der Waals surface area contributed by atoms with Gasteiger partial charge in [0.2, 0.25) is 5.91 Å². The summed E-state index contributed by atoms with van der Waals surface area (Å²) in [5.41, 5.74) is 1.55. The molecule has 4 aromatic rings. The number of anilines is 2. The Labute approximate surface area is 170 Å². The molecule has 4 aromatic heterocycles.